The summed E-state index contributed by atoms with van der Waals surface area (Å²) in [6.07, 6.45) is 0. The highest BCUT2D eigenvalue weighted by atomic mass is 19.1. The standard InChI is InChI=1S/C14H7FN2/c15-14-11(8-16)6-7-12(13(14)9-17)10-4-2-1-3-5-10/h1-7H. The van der Waals surface area contributed by atoms with Crippen molar-refractivity contribution < 1.29 is 4.39 Å². The Morgan fingerprint density at radius 2 is 1.59 bits per heavy atom. The molecule has 0 N–H and O–H groups in total. The van der Waals surface area contributed by atoms with E-state index in [4.69, 9.17) is 10.5 Å². The summed E-state index contributed by atoms with van der Waals surface area (Å²) in [5, 5.41) is 17.7. The molecule has 0 heterocycles. The number of benzene rings is 2. The minimum atomic E-state index is -0.753. The SMILES string of the molecule is N#Cc1ccc(-c2ccccc2)c(C#N)c1F. The van der Waals surface area contributed by atoms with Crippen molar-refractivity contribution in [1.82, 2.24) is 0 Å². The molecule has 17 heavy (non-hydrogen) atoms. The van der Waals surface area contributed by atoms with Gasteiger partial charge in [0.15, 0.2) is 5.82 Å². The van der Waals surface area contributed by atoms with Gasteiger partial charge in [-0.05, 0) is 11.6 Å². The number of halogens is 1. The third kappa shape index (κ3) is 1.87. The molecule has 2 aromatic rings. The van der Waals surface area contributed by atoms with Crippen LogP contribution in [0, 0.1) is 28.5 Å². The van der Waals surface area contributed by atoms with Gasteiger partial charge < -0.3 is 0 Å². The highest BCUT2D eigenvalue weighted by Crippen LogP contribution is 2.26. The van der Waals surface area contributed by atoms with Crippen LogP contribution in [0.25, 0.3) is 11.1 Å². The molecule has 2 aromatic carbocycles. The monoisotopic (exact) mass is 222 g/mol. The maximum Gasteiger partial charge on any atom is 0.159 e. The van der Waals surface area contributed by atoms with E-state index >= 15 is 0 Å². The second-order valence-corrected chi connectivity index (χ2v) is 3.44. The molecule has 0 atom stereocenters. The molecule has 0 aromatic heterocycles. The van der Waals surface area contributed by atoms with Crippen LogP contribution in [-0.2, 0) is 0 Å². The van der Waals surface area contributed by atoms with E-state index in [2.05, 4.69) is 0 Å². The van der Waals surface area contributed by atoms with E-state index in [1.807, 2.05) is 24.3 Å². The Balaban J connectivity index is 2.70. The van der Waals surface area contributed by atoms with Crippen molar-refractivity contribution >= 4 is 0 Å². The fourth-order valence-electron chi connectivity index (χ4n) is 1.63. The summed E-state index contributed by atoms with van der Waals surface area (Å²) in [6, 6.07) is 15.6. The first-order valence-corrected chi connectivity index (χ1v) is 4.96. The topological polar surface area (TPSA) is 47.6 Å². The fraction of sp³-hybridized carbons (Fsp3) is 0. The Labute approximate surface area is 98.2 Å². The van der Waals surface area contributed by atoms with E-state index in [0.29, 0.717) is 5.56 Å². The molecule has 0 aliphatic carbocycles. The summed E-state index contributed by atoms with van der Waals surface area (Å²) in [5.74, 6) is -0.753. The lowest BCUT2D eigenvalue weighted by Crippen LogP contribution is -1.93. The van der Waals surface area contributed by atoms with Gasteiger partial charge in [-0.2, -0.15) is 10.5 Å². The van der Waals surface area contributed by atoms with E-state index < -0.39 is 5.82 Å². The highest BCUT2D eigenvalue weighted by Gasteiger charge is 2.13. The molecule has 0 amide bonds. The molecule has 3 heteroatoms. The first-order chi connectivity index (χ1) is 8.27. The third-order valence-corrected chi connectivity index (χ3v) is 2.46. The molecule has 0 aliphatic heterocycles. The van der Waals surface area contributed by atoms with Gasteiger partial charge in [-0.3, -0.25) is 0 Å². The van der Waals surface area contributed by atoms with Crippen LogP contribution in [0.2, 0.25) is 0 Å². The largest absolute Gasteiger partial charge is 0.204 e. The number of hydrogen-bond acceptors (Lipinski definition) is 2. The van der Waals surface area contributed by atoms with Gasteiger partial charge >= 0.3 is 0 Å². The van der Waals surface area contributed by atoms with Gasteiger partial charge in [0.25, 0.3) is 0 Å². The predicted molar refractivity (Wildman–Crippen MR) is 61.3 cm³/mol. The van der Waals surface area contributed by atoms with Crippen molar-refractivity contribution in [1.29, 1.82) is 10.5 Å². The molecule has 0 spiro atoms. The van der Waals surface area contributed by atoms with Crippen LogP contribution in [0.3, 0.4) is 0 Å². The van der Waals surface area contributed by atoms with Crippen LogP contribution >= 0.6 is 0 Å². The van der Waals surface area contributed by atoms with E-state index in [-0.39, 0.29) is 11.1 Å². The van der Waals surface area contributed by atoms with Crippen molar-refractivity contribution in [3.05, 3.63) is 59.4 Å². The van der Waals surface area contributed by atoms with E-state index in [9.17, 15) is 4.39 Å². The van der Waals surface area contributed by atoms with Gasteiger partial charge in [0.2, 0.25) is 0 Å². The molecule has 2 nitrogen and oxygen atoms in total. The molecule has 0 unspecified atom stereocenters. The number of rotatable bonds is 1. The van der Waals surface area contributed by atoms with Crippen LogP contribution in [0.15, 0.2) is 42.5 Å². The van der Waals surface area contributed by atoms with Gasteiger partial charge in [0.05, 0.1) is 11.1 Å². The zero-order chi connectivity index (χ0) is 12.3. The molecule has 2 rings (SSSR count). The van der Waals surface area contributed by atoms with E-state index in [1.165, 1.54) is 6.07 Å². The fourth-order valence-corrected chi connectivity index (χ4v) is 1.63. The summed E-state index contributed by atoms with van der Waals surface area (Å²) in [5.41, 5.74) is 1.06. The Bertz CT molecular complexity index is 634. The average molecular weight is 222 g/mol. The minimum Gasteiger partial charge on any atom is -0.204 e. The predicted octanol–water partition coefficient (Wildman–Crippen LogP) is 3.24. The van der Waals surface area contributed by atoms with E-state index in [1.54, 1.807) is 24.3 Å². The molecule has 0 bridgehead atoms. The van der Waals surface area contributed by atoms with Crippen LogP contribution in [0.4, 0.5) is 4.39 Å². The third-order valence-electron chi connectivity index (χ3n) is 2.46. The summed E-state index contributed by atoms with van der Waals surface area (Å²) in [7, 11) is 0. The van der Waals surface area contributed by atoms with Crippen molar-refractivity contribution in [2.24, 2.45) is 0 Å². The Morgan fingerprint density at radius 3 is 2.18 bits per heavy atom. The van der Waals surface area contributed by atoms with E-state index in [0.717, 1.165) is 5.56 Å². The number of nitrogens with zero attached hydrogens (tertiary/aromatic N) is 2. The molecule has 0 saturated carbocycles. The molecule has 80 valence electrons. The van der Waals surface area contributed by atoms with Crippen LogP contribution in [0.1, 0.15) is 11.1 Å². The summed E-state index contributed by atoms with van der Waals surface area (Å²) >= 11 is 0. The van der Waals surface area contributed by atoms with Crippen molar-refractivity contribution in [2.75, 3.05) is 0 Å². The van der Waals surface area contributed by atoms with Crippen molar-refractivity contribution in [3.8, 4) is 23.3 Å². The van der Waals surface area contributed by atoms with Gasteiger partial charge in [0.1, 0.15) is 12.1 Å². The summed E-state index contributed by atoms with van der Waals surface area (Å²) in [6.45, 7) is 0. The Kier molecular flexibility index (Phi) is 2.85. The first-order valence-electron chi connectivity index (χ1n) is 4.96. The lowest BCUT2D eigenvalue weighted by molar-refractivity contribution is 0.620. The lowest BCUT2D eigenvalue weighted by atomic mass is 9.98. The number of nitriles is 2. The average Bonchev–Trinajstić information content (AvgIpc) is 2.39. The normalized spacial score (nSPS) is 9.35. The lowest BCUT2D eigenvalue weighted by Gasteiger charge is -2.05. The molecular weight excluding hydrogens is 215 g/mol. The summed E-state index contributed by atoms with van der Waals surface area (Å²) in [4.78, 5) is 0. The van der Waals surface area contributed by atoms with Crippen molar-refractivity contribution in [2.45, 2.75) is 0 Å². The quantitative estimate of drug-likeness (QED) is 0.743. The summed E-state index contributed by atoms with van der Waals surface area (Å²) < 4.78 is 13.8. The molecular formula is C14H7FN2. The van der Waals surface area contributed by atoms with Gasteiger partial charge in [-0.1, -0.05) is 36.4 Å². The first kappa shape index (κ1) is 10.9. The van der Waals surface area contributed by atoms with Crippen LogP contribution in [-0.4, -0.2) is 0 Å². The highest BCUT2D eigenvalue weighted by molar-refractivity contribution is 5.71. The Morgan fingerprint density at radius 1 is 0.882 bits per heavy atom. The minimum absolute atomic E-state index is 0.0877. The smallest absolute Gasteiger partial charge is 0.159 e. The molecule has 0 radical (unpaired) electrons. The Hall–Kier alpha value is -2.65. The number of hydrogen-bond donors (Lipinski definition) is 0. The second-order valence-electron chi connectivity index (χ2n) is 3.44. The second kappa shape index (κ2) is 4.47. The zero-order valence-electron chi connectivity index (χ0n) is 8.81. The van der Waals surface area contributed by atoms with Crippen LogP contribution < -0.4 is 0 Å². The molecule has 0 fully saturated rings. The zero-order valence-corrected chi connectivity index (χ0v) is 8.81. The molecule has 0 aliphatic rings. The van der Waals surface area contributed by atoms with Crippen molar-refractivity contribution in [3.63, 3.8) is 0 Å². The molecule has 0 saturated heterocycles. The van der Waals surface area contributed by atoms with Gasteiger partial charge in [0, 0.05) is 5.56 Å². The maximum absolute atomic E-state index is 13.8. The van der Waals surface area contributed by atoms with Gasteiger partial charge in [-0.15, -0.1) is 0 Å². The maximum atomic E-state index is 13.8. The van der Waals surface area contributed by atoms with Gasteiger partial charge in [-0.25, -0.2) is 4.39 Å². The van der Waals surface area contributed by atoms with Crippen LogP contribution in [0.5, 0.6) is 0 Å².